The number of amides is 1. The van der Waals surface area contributed by atoms with Gasteiger partial charge in [-0.3, -0.25) is 4.79 Å². The lowest BCUT2D eigenvalue weighted by Gasteiger charge is -2.25. The summed E-state index contributed by atoms with van der Waals surface area (Å²) in [5.41, 5.74) is 1.28. The highest BCUT2D eigenvalue weighted by molar-refractivity contribution is 5.94. The molecule has 1 aromatic heterocycles. The number of aromatic nitrogens is 1. The van der Waals surface area contributed by atoms with Crippen molar-refractivity contribution < 1.29 is 19.1 Å². The highest BCUT2D eigenvalue weighted by Crippen LogP contribution is 2.15. The van der Waals surface area contributed by atoms with E-state index in [9.17, 15) is 14.7 Å². The Balaban J connectivity index is 2.30. The van der Waals surface area contributed by atoms with Gasteiger partial charge in [-0.2, -0.15) is 0 Å². The van der Waals surface area contributed by atoms with Crippen LogP contribution < -0.4 is 0 Å². The number of carboxylic acids is 1. The molecule has 1 N–H and O–H groups in total. The molecule has 0 spiro atoms. The van der Waals surface area contributed by atoms with Gasteiger partial charge in [0.2, 0.25) is 5.76 Å². The lowest BCUT2D eigenvalue weighted by molar-refractivity contribution is -0.141. The Kier molecular flexibility index (Phi) is 4.37. The van der Waals surface area contributed by atoms with Gasteiger partial charge in [0, 0.05) is 6.54 Å². The zero-order valence-electron chi connectivity index (χ0n) is 11.8. The maximum atomic E-state index is 12.5. The first-order valence-electron chi connectivity index (χ1n) is 6.48. The van der Waals surface area contributed by atoms with Crippen LogP contribution in [-0.4, -0.2) is 32.9 Å². The second-order valence-electron chi connectivity index (χ2n) is 4.70. The van der Waals surface area contributed by atoms with Crippen molar-refractivity contribution in [2.45, 2.75) is 26.4 Å². The minimum Gasteiger partial charge on any atom is -0.480 e. The third-order valence-electron chi connectivity index (χ3n) is 3.22. The molecule has 6 heteroatoms. The Bertz CT molecular complexity index is 636. The molecule has 110 valence electrons. The van der Waals surface area contributed by atoms with E-state index in [1.807, 2.05) is 30.3 Å². The fourth-order valence-electron chi connectivity index (χ4n) is 1.94. The number of oxazole rings is 1. The third kappa shape index (κ3) is 3.28. The number of aryl methyl sites for hydroxylation is 1. The van der Waals surface area contributed by atoms with Crippen molar-refractivity contribution in [2.75, 3.05) is 0 Å². The number of rotatable bonds is 5. The van der Waals surface area contributed by atoms with Crippen LogP contribution in [-0.2, 0) is 11.3 Å². The molecule has 1 amide bonds. The zero-order chi connectivity index (χ0) is 15.4. The van der Waals surface area contributed by atoms with Crippen molar-refractivity contribution in [3.05, 3.63) is 53.7 Å². The van der Waals surface area contributed by atoms with Gasteiger partial charge >= 0.3 is 5.97 Å². The van der Waals surface area contributed by atoms with Crippen LogP contribution in [0.15, 0.2) is 41.1 Å². The summed E-state index contributed by atoms with van der Waals surface area (Å²) >= 11 is 0. The van der Waals surface area contributed by atoms with Gasteiger partial charge in [0.05, 0.1) is 5.69 Å². The van der Waals surface area contributed by atoms with Gasteiger partial charge in [-0.05, 0) is 19.4 Å². The predicted octanol–water partition coefficient (Wildman–Crippen LogP) is 2.10. The van der Waals surface area contributed by atoms with E-state index in [-0.39, 0.29) is 12.3 Å². The van der Waals surface area contributed by atoms with Crippen LogP contribution in [0.3, 0.4) is 0 Å². The van der Waals surface area contributed by atoms with Crippen molar-refractivity contribution in [2.24, 2.45) is 0 Å². The molecule has 2 rings (SSSR count). The molecule has 0 aliphatic carbocycles. The SMILES string of the molecule is Cc1ncoc1C(=O)N(Cc1ccccc1)C(C)C(=O)O. The van der Waals surface area contributed by atoms with E-state index in [0.29, 0.717) is 5.69 Å². The molecule has 0 radical (unpaired) electrons. The van der Waals surface area contributed by atoms with Crippen LogP contribution in [0.2, 0.25) is 0 Å². The molecule has 0 aliphatic rings. The molecule has 0 bridgehead atoms. The molecule has 0 saturated carbocycles. The fourth-order valence-corrected chi connectivity index (χ4v) is 1.94. The Hall–Kier alpha value is -2.63. The van der Waals surface area contributed by atoms with Crippen LogP contribution in [0.5, 0.6) is 0 Å². The van der Waals surface area contributed by atoms with Gasteiger partial charge in [0.15, 0.2) is 6.39 Å². The van der Waals surface area contributed by atoms with Crippen molar-refractivity contribution in [1.82, 2.24) is 9.88 Å². The van der Waals surface area contributed by atoms with Crippen molar-refractivity contribution in [3.8, 4) is 0 Å². The molecule has 0 aliphatic heterocycles. The van der Waals surface area contributed by atoms with E-state index in [4.69, 9.17) is 4.42 Å². The normalized spacial score (nSPS) is 11.9. The largest absolute Gasteiger partial charge is 0.480 e. The first-order chi connectivity index (χ1) is 10.0. The lowest BCUT2D eigenvalue weighted by atomic mass is 10.1. The topological polar surface area (TPSA) is 83.6 Å². The average molecular weight is 288 g/mol. The number of nitrogens with zero attached hydrogens (tertiary/aromatic N) is 2. The number of hydrogen-bond donors (Lipinski definition) is 1. The molecule has 1 aromatic carbocycles. The Morgan fingerprint density at radius 1 is 1.33 bits per heavy atom. The van der Waals surface area contributed by atoms with Crippen molar-refractivity contribution in [1.29, 1.82) is 0 Å². The van der Waals surface area contributed by atoms with Crippen LogP contribution in [0, 0.1) is 6.92 Å². The summed E-state index contributed by atoms with van der Waals surface area (Å²) in [6, 6.07) is 8.23. The molecular formula is C15H16N2O4. The van der Waals surface area contributed by atoms with Gasteiger partial charge in [-0.25, -0.2) is 9.78 Å². The zero-order valence-corrected chi connectivity index (χ0v) is 11.8. The van der Waals surface area contributed by atoms with Crippen LogP contribution in [0.1, 0.15) is 28.7 Å². The molecule has 1 atom stereocenters. The monoisotopic (exact) mass is 288 g/mol. The molecule has 0 saturated heterocycles. The second-order valence-corrected chi connectivity index (χ2v) is 4.70. The van der Waals surface area contributed by atoms with E-state index in [0.717, 1.165) is 5.56 Å². The molecule has 6 nitrogen and oxygen atoms in total. The molecule has 1 unspecified atom stereocenters. The molecule has 1 heterocycles. The van der Waals surface area contributed by atoms with Gasteiger partial charge in [0.25, 0.3) is 5.91 Å². The second kappa shape index (κ2) is 6.21. The quantitative estimate of drug-likeness (QED) is 0.910. The van der Waals surface area contributed by atoms with E-state index in [1.54, 1.807) is 6.92 Å². The minimum atomic E-state index is -1.07. The lowest BCUT2D eigenvalue weighted by Crippen LogP contribution is -2.42. The molecule has 2 aromatic rings. The summed E-state index contributed by atoms with van der Waals surface area (Å²) in [6.07, 6.45) is 1.18. The maximum Gasteiger partial charge on any atom is 0.326 e. The van der Waals surface area contributed by atoms with Gasteiger partial charge < -0.3 is 14.4 Å². The Labute approximate surface area is 122 Å². The maximum absolute atomic E-state index is 12.5. The first-order valence-corrected chi connectivity index (χ1v) is 6.48. The van der Waals surface area contributed by atoms with Gasteiger partial charge in [-0.15, -0.1) is 0 Å². The number of hydrogen-bond acceptors (Lipinski definition) is 4. The number of benzene rings is 1. The number of carbonyl (C=O) groups is 2. The summed E-state index contributed by atoms with van der Waals surface area (Å²) in [5.74, 6) is -1.49. The van der Waals surface area contributed by atoms with Gasteiger partial charge in [-0.1, -0.05) is 30.3 Å². The van der Waals surface area contributed by atoms with Crippen molar-refractivity contribution in [3.63, 3.8) is 0 Å². The molecule has 0 fully saturated rings. The van der Waals surface area contributed by atoms with E-state index in [1.165, 1.54) is 18.2 Å². The Morgan fingerprint density at radius 3 is 2.52 bits per heavy atom. The van der Waals surface area contributed by atoms with Crippen molar-refractivity contribution >= 4 is 11.9 Å². The third-order valence-corrected chi connectivity index (χ3v) is 3.22. The predicted molar refractivity (Wildman–Crippen MR) is 74.7 cm³/mol. The van der Waals surface area contributed by atoms with E-state index >= 15 is 0 Å². The Morgan fingerprint density at radius 2 is 2.00 bits per heavy atom. The number of carboxylic acid groups (broad SMARTS) is 1. The van der Waals surface area contributed by atoms with Crippen LogP contribution >= 0.6 is 0 Å². The fraction of sp³-hybridized carbons (Fsp3) is 0.267. The van der Waals surface area contributed by atoms with E-state index < -0.39 is 17.9 Å². The number of carbonyl (C=O) groups excluding carboxylic acids is 1. The van der Waals surface area contributed by atoms with Crippen LogP contribution in [0.4, 0.5) is 0 Å². The van der Waals surface area contributed by atoms with E-state index in [2.05, 4.69) is 4.98 Å². The van der Waals surface area contributed by atoms with Crippen LogP contribution in [0.25, 0.3) is 0 Å². The molecule has 21 heavy (non-hydrogen) atoms. The van der Waals surface area contributed by atoms with Gasteiger partial charge in [0.1, 0.15) is 6.04 Å². The minimum absolute atomic E-state index is 0.0685. The number of aliphatic carboxylic acids is 1. The smallest absolute Gasteiger partial charge is 0.326 e. The highest BCUT2D eigenvalue weighted by Gasteiger charge is 2.29. The summed E-state index contributed by atoms with van der Waals surface area (Å²) < 4.78 is 5.08. The highest BCUT2D eigenvalue weighted by atomic mass is 16.4. The summed E-state index contributed by atoms with van der Waals surface area (Å²) in [6.45, 7) is 3.30. The summed E-state index contributed by atoms with van der Waals surface area (Å²) in [5, 5.41) is 9.21. The standard InChI is InChI=1S/C15H16N2O4/c1-10-13(21-9-16-10)14(18)17(11(2)15(19)20)8-12-6-4-3-5-7-12/h3-7,9,11H,8H2,1-2H3,(H,19,20). The summed E-state index contributed by atoms with van der Waals surface area (Å²) in [4.78, 5) is 28.9. The summed E-state index contributed by atoms with van der Waals surface area (Å²) in [7, 11) is 0. The average Bonchev–Trinajstić information content (AvgIpc) is 2.90. The first kappa shape index (κ1) is 14.8. The molecular weight excluding hydrogens is 272 g/mol.